The minimum atomic E-state index is 0.932. The van der Waals surface area contributed by atoms with E-state index >= 15 is 0 Å². The molecule has 0 amide bonds. The van der Waals surface area contributed by atoms with Gasteiger partial charge >= 0.3 is 0 Å². The van der Waals surface area contributed by atoms with Crippen molar-refractivity contribution in [3.8, 4) is 55.8 Å². The molecule has 0 spiro atoms. The highest BCUT2D eigenvalue weighted by molar-refractivity contribution is 6.03. The SMILES string of the molecule is [c]1cccc(-c2ccc(-c3ccccn3)c(-c3ccccc3)c2-c2cccnc2)c1-c1ccncc1. The second kappa shape index (κ2) is 9.77. The van der Waals surface area contributed by atoms with E-state index in [1.54, 1.807) is 0 Å². The molecule has 0 aliphatic heterocycles. The van der Waals surface area contributed by atoms with Crippen LogP contribution in [0.5, 0.6) is 0 Å². The number of hydrogen-bond acceptors (Lipinski definition) is 3. The lowest BCUT2D eigenvalue weighted by atomic mass is 9.82. The van der Waals surface area contributed by atoms with E-state index in [-0.39, 0.29) is 0 Å². The van der Waals surface area contributed by atoms with E-state index in [0.29, 0.717) is 0 Å². The van der Waals surface area contributed by atoms with Crippen molar-refractivity contribution in [1.82, 2.24) is 15.0 Å². The number of hydrogen-bond donors (Lipinski definition) is 0. The average molecular weight is 461 g/mol. The largest absolute Gasteiger partial charge is 0.265 e. The zero-order valence-corrected chi connectivity index (χ0v) is 19.5. The van der Waals surface area contributed by atoms with Crippen molar-refractivity contribution in [3.05, 3.63) is 140 Å². The van der Waals surface area contributed by atoms with Crippen molar-refractivity contribution < 1.29 is 0 Å². The smallest absolute Gasteiger partial charge is 0.0708 e. The van der Waals surface area contributed by atoms with Gasteiger partial charge in [0.15, 0.2) is 0 Å². The van der Waals surface area contributed by atoms with Gasteiger partial charge in [0.2, 0.25) is 0 Å². The summed E-state index contributed by atoms with van der Waals surface area (Å²) in [4.78, 5) is 13.4. The lowest BCUT2D eigenvalue weighted by Crippen LogP contribution is -1.97. The molecule has 0 saturated carbocycles. The fraction of sp³-hybridized carbons (Fsp3) is 0. The van der Waals surface area contributed by atoms with Crippen LogP contribution in [0.3, 0.4) is 0 Å². The third kappa shape index (κ3) is 4.08. The van der Waals surface area contributed by atoms with E-state index in [9.17, 15) is 0 Å². The van der Waals surface area contributed by atoms with Gasteiger partial charge in [-0.05, 0) is 75.3 Å². The van der Waals surface area contributed by atoms with Crippen LogP contribution in [0.4, 0.5) is 0 Å². The molecule has 6 rings (SSSR count). The third-order valence-corrected chi connectivity index (χ3v) is 6.27. The van der Waals surface area contributed by atoms with Crippen LogP contribution in [0, 0.1) is 6.07 Å². The van der Waals surface area contributed by atoms with Gasteiger partial charge in [0.05, 0.1) is 5.69 Å². The highest BCUT2D eigenvalue weighted by Crippen LogP contribution is 2.46. The fourth-order valence-electron chi connectivity index (χ4n) is 4.70. The molecule has 0 saturated heterocycles. The minimum Gasteiger partial charge on any atom is -0.265 e. The zero-order chi connectivity index (χ0) is 24.2. The summed E-state index contributed by atoms with van der Waals surface area (Å²) in [6.45, 7) is 0. The Balaban J connectivity index is 1.73. The molecule has 3 heteroatoms. The van der Waals surface area contributed by atoms with E-state index in [0.717, 1.165) is 55.8 Å². The van der Waals surface area contributed by atoms with Crippen molar-refractivity contribution >= 4 is 0 Å². The predicted molar refractivity (Wildman–Crippen MR) is 146 cm³/mol. The van der Waals surface area contributed by atoms with E-state index in [1.165, 1.54) is 0 Å². The highest BCUT2D eigenvalue weighted by Gasteiger charge is 2.21. The Kier molecular flexibility index (Phi) is 5.87. The molecule has 3 aromatic carbocycles. The molecular weight excluding hydrogens is 438 g/mol. The van der Waals surface area contributed by atoms with Gasteiger partial charge in [0.1, 0.15) is 0 Å². The number of rotatable bonds is 5. The van der Waals surface area contributed by atoms with Crippen molar-refractivity contribution in [2.45, 2.75) is 0 Å². The van der Waals surface area contributed by atoms with Crippen molar-refractivity contribution in [3.63, 3.8) is 0 Å². The third-order valence-electron chi connectivity index (χ3n) is 6.27. The van der Waals surface area contributed by atoms with Crippen LogP contribution < -0.4 is 0 Å². The average Bonchev–Trinajstić information content (AvgIpc) is 2.98. The lowest BCUT2D eigenvalue weighted by Gasteiger charge is -2.21. The molecular formula is C33H22N3. The van der Waals surface area contributed by atoms with E-state index in [4.69, 9.17) is 4.98 Å². The van der Waals surface area contributed by atoms with Gasteiger partial charge in [-0.15, -0.1) is 0 Å². The maximum Gasteiger partial charge on any atom is 0.0708 e. The molecule has 0 fully saturated rings. The maximum atomic E-state index is 4.71. The van der Waals surface area contributed by atoms with Crippen LogP contribution in [0.2, 0.25) is 0 Å². The topological polar surface area (TPSA) is 38.7 Å². The summed E-state index contributed by atoms with van der Waals surface area (Å²) in [7, 11) is 0. The minimum absolute atomic E-state index is 0.932. The molecule has 0 aliphatic rings. The van der Waals surface area contributed by atoms with Gasteiger partial charge in [-0.2, -0.15) is 0 Å². The van der Waals surface area contributed by atoms with Crippen molar-refractivity contribution in [1.29, 1.82) is 0 Å². The van der Waals surface area contributed by atoms with Gasteiger partial charge in [-0.25, -0.2) is 0 Å². The summed E-state index contributed by atoms with van der Waals surface area (Å²) in [5.74, 6) is 0. The Morgan fingerprint density at radius 3 is 2.03 bits per heavy atom. The second-order valence-corrected chi connectivity index (χ2v) is 8.43. The van der Waals surface area contributed by atoms with Crippen molar-refractivity contribution in [2.24, 2.45) is 0 Å². The van der Waals surface area contributed by atoms with Crippen LogP contribution in [-0.2, 0) is 0 Å². The molecule has 0 atom stereocenters. The van der Waals surface area contributed by atoms with Gasteiger partial charge in [-0.3, -0.25) is 15.0 Å². The fourth-order valence-corrected chi connectivity index (χ4v) is 4.70. The number of pyridine rings is 3. The normalized spacial score (nSPS) is 10.8. The Morgan fingerprint density at radius 2 is 1.25 bits per heavy atom. The molecule has 3 aromatic heterocycles. The summed E-state index contributed by atoms with van der Waals surface area (Å²) in [5.41, 5.74) is 10.8. The lowest BCUT2D eigenvalue weighted by molar-refractivity contribution is 1.32. The van der Waals surface area contributed by atoms with E-state index < -0.39 is 0 Å². The molecule has 36 heavy (non-hydrogen) atoms. The standard InChI is InChI=1S/C33H22N3/c1-2-9-25(10-3-1)32-30(31-14-6-7-20-36-31)16-15-29(33(32)26-11-8-19-35-23-26)28-13-5-4-12-27(28)24-17-21-34-22-18-24/h1-11,13-23H. The monoisotopic (exact) mass is 460 g/mol. The van der Waals surface area contributed by atoms with E-state index in [2.05, 4.69) is 70.6 Å². The van der Waals surface area contributed by atoms with Crippen LogP contribution >= 0.6 is 0 Å². The Morgan fingerprint density at radius 1 is 0.472 bits per heavy atom. The van der Waals surface area contributed by atoms with E-state index in [1.807, 2.05) is 79.5 Å². The van der Waals surface area contributed by atoms with Crippen LogP contribution in [0.15, 0.2) is 134 Å². The molecule has 3 heterocycles. The first kappa shape index (κ1) is 21.6. The van der Waals surface area contributed by atoms with Gasteiger partial charge in [-0.1, -0.05) is 72.8 Å². The molecule has 0 N–H and O–H groups in total. The first-order valence-electron chi connectivity index (χ1n) is 11.9. The van der Waals surface area contributed by atoms with Gasteiger partial charge < -0.3 is 0 Å². The quantitative estimate of drug-likeness (QED) is 0.262. The summed E-state index contributed by atoms with van der Waals surface area (Å²) in [5, 5.41) is 0. The van der Waals surface area contributed by atoms with Crippen molar-refractivity contribution in [2.75, 3.05) is 0 Å². The molecule has 1 radical (unpaired) electrons. The molecule has 0 bridgehead atoms. The second-order valence-electron chi connectivity index (χ2n) is 8.43. The molecule has 0 aliphatic carbocycles. The highest BCUT2D eigenvalue weighted by atomic mass is 14.7. The van der Waals surface area contributed by atoms with Crippen LogP contribution in [0.25, 0.3) is 55.8 Å². The maximum absolute atomic E-state index is 4.71. The number of nitrogens with zero attached hydrogens (tertiary/aromatic N) is 3. The zero-order valence-electron chi connectivity index (χ0n) is 19.5. The Hall–Kier alpha value is -4.89. The first-order chi connectivity index (χ1) is 17.9. The molecule has 0 unspecified atom stereocenters. The summed E-state index contributed by atoms with van der Waals surface area (Å²) in [6.07, 6.45) is 9.23. The van der Waals surface area contributed by atoms with Crippen LogP contribution in [0.1, 0.15) is 0 Å². The van der Waals surface area contributed by atoms with Crippen LogP contribution in [-0.4, -0.2) is 15.0 Å². The summed E-state index contributed by atoms with van der Waals surface area (Å²) in [6, 6.07) is 38.8. The Bertz CT molecular complexity index is 1600. The Labute approximate surface area is 210 Å². The molecule has 3 nitrogen and oxygen atoms in total. The van der Waals surface area contributed by atoms with Gasteiger partial charge in [0.25, 0.3) is 0 Å². The predicted octanol–water partition coefficient (Wildman–Crippen LogP) is 8.01. The first-order valence-corrected chi connectivity index (χ1v) is 11.9. The summed E-state index contributed by atoms with van der Waals surface area (Å²) >= 11 is 0. The number of aromatic nitrogens is 3. The summed E-state index contributed by atoms with van der Waals surface area (Å²) < 4.78 is 0. The number of benzene rings is 3. The van der Waals surface area contributed by atoms with Gasteiger partial charge in [0, 0.05) is 42.1 Å². The molecule has 6 aromatic rings. The molecule has 169 valence electrons.